The zero-order chi connectivity index (χ0) is 24.3. The molecule has 0 spiro atoms. The number of aryl methyl sites for hydroxylation is 2. The second kappa shape index (κ2) is 9.95. The van der Waals surface area contributed by atoms with Crippen LogP contribution in [0.3, 0.4) is 0 Å². The maximum atomic E-state index is 13.5. The first kappa shape index (κ1) is 23.9. The van der Waals surface area contributed by atoms with Crippen LogP contribution in [-0.2, 0) is 14.8 Å². The second-order valence-corrected chi connectivity index (χ2v) is 10.3. The summed E-state index contributed by atoms with van der Waals surface area (Å²) in [7, 11) is -3.95. The number of fused-ring (bicyclic) bond motifs is 1. The van der Waals surface area contributed by atoms with Gasteiger partial charge in [0.1, 0.15) is 18.1 Å². The number of nitrogens with one attached hydrogen (secondary N) is 1. The van der Waals surface area contributed by atoms with Crippen LogP contribution in [0, 0.1) is 13.8 Å². The Kier molecular flexibility index (Phi) is 7.00. The summed E-state index contributed by atoms with van der Waals surface area (Å²) in [6, 6.07) is 18.8. The summed E-state index contributed by atoms with van der Waals surface area (Å²) in [4.78, 5) is 13.0. The Hall–Kier alpha value is -3.23. The van der Waals surface area contributed by atoms with E-state index < -0.39 is 22.0 Å². The van der Waals surface area contributed by atoms with E-state index in [-0.39, 0.29) is 30.3 Å². The molecule has 1 aliphatic heterocycles. The number of anilines is 1. The highest BCUT2D eigenvalue weighted by atomic mass is 35.5. The molecule has 1 amide bonds. The van der Waals surface area contributed by atoms with Crippen LogP contribution < -0.4 is 19.1 Å². The number of benzene rings is 3. The largest absolute Gasteiger partial charge is 0.491 e. The smallest absolute Gasteiger partial charge is 0.264 e. The molecular weight excluding hydrogens is 476 g/mol. The molecule has 0 saturated carbocycles. The molecule has 178 valence electrons. The van der Waals surface area contributed by atoms with Crippen molar-refractivity contribution in [1.82, 2.24) is 5.32 Å². The zero-order valence-electron chi connectivity index (χ0n) is 18.8. The van der Waals surface area contributed by atoms with Gasteiger partial charge in [-0.15, -0.1) is 0 Å². The Bertz CT molecular complexity index is 1290. The lowest BCUT2D eigenvalue weighted by Crippen LogP contribution is -2.51. The van der Waals surface area contributed by atoms with E-state index in [4.69, 9.17) is 21.1 Å². The summed E-state index contributed by atoms with van der Waals surface area (Å²) >= 11 is 6.13. The van der Waals surface area contributed by atoms with Crippen molar-refractivity contribution in [2.45, 2.75) is 24.8 Å². The van der Waals surface area contributed by atoms with Crippen molar-refractivity contribution in [3.8, 4) is 11.5 Å². The third-order valence-corrected chi connectivity index (χ3v) is 7.47. The predicted octanol–water partition coefficient (Wildman–Crippen LogP) is 4.11. The van der Waals surface area contributed by atoms with Gasteiger partial charge in [-0.25, -0.2) is 8.42 Å². The van der Waals surface area contributed by atoms with E-state index in [2.05, 4.69) is 5.32 Å². The number of hydrogen-bond acceptors (Lipinski definition) is 5. The van der Waals surface area contributed by atoms with Gasteiger partial charge >= 0.3 is 0 Å². The zero-order valence-corrected chi connectivity index (χ0v) is 20.4. The van der Waals surface area contributed by atoms with Gasteiger partial charge < -0.3 is 14.8 Å². The Morgan fingerprint density at radius 1 is 1.12 bits per heavy atom. The summed E-state index contributed by atoms with van der Waals surface area (Å²) in [5, 5.41) is 3.13. The average molecular weight is 501 g/mol. The van der Waals surface area contributed by atoms with Gasteiger partial charge in [-0.1, -0.05) is 47.5 Å². The lowest BCUT2D eigenvalue weighted by Gasteiger charge is -2.34. The maximum absolute atomic E-state index is 13.5. The van der Waals surface area contributed by atoms with Crippen molar-refractivity contribution in [3.05, 3.63) is 82.9 Å². The first-order chi connectivity index (χ1) is 16.3. The molecule has 1 unspecified atom stereocenters. The molecule has 34 heavy (non-hydrogen) atoms. The van der Waals surface area contributed by atoms with Crippen molar-refractivity contribution in [2.24, 2.45) is 0 Å². The minimum absolute atomic E-state index is 0.122. The molecular formula is C25H25ClN2O5S. The Morgan fingerprint density at radius 2 is 1.85 bits per heavy atom. The lowest BCUT2D eigenvalue weighted by molar-refractivity contribution is -0.127. The predicted molar refractivity (Wildman–Crippen MR) is 131 cm³/mol. The van der Waals surface area contributed by atoms with Crippen molar-refractivity contribution >= 4 is 33.2 Å². The molecule has 1 aliphatic rings. The van der Waals surface area contributed by atoms with Crippen LogP contribution in [-0.4, -0.2) is 40.1 Å². The van der Waals surface area contributed by atoms with Crippen molar-refractivity contribution in [3.63, 3.8) is 0 Å². The van der Waals surface area contributed by atoms with Gasteiger partial charge in [0.2, 0.25) is 0 Å². The molecule has 1 heterocycles. The van der Waals surface area contributed by atoms with Crippen molar-refractivity contribution in [2.75, 3.05) is 24.0 Å². The topological polar surface area (TPSA) is 84.9 Å². The van der Waals surface area contributed by atoms with Gasteiger partial charge in [0.15, 0.2) is 6.10 Å². The molecule has 3 aromatic rings. The number of para-hydroxylation sites is 1. The molecule has 0 saturated heterocycles. The Labute approximate surface area is 204 Å². The molecule has 7 nitrogen and oxygen atoms in total. The number of amides is 1. The third kappa shape index (κ3) is 5.13. The minimum Gasteiger partial charge on any atom is -0.491 e. The molecule has 1 N–H and O–H groups in total. The van der Waals surface area contributed by atoms with Crippen LogP contribution in [0.25, 0.3) is 0 Å². The Morgan fingerprint density at radius 3 is 2.59 bits per heavy atom. The van der Waals surface area contributed by atoms with Crippen LogP contribution in [0.2, 0.25) is 5.02 Å². The number of ether oxygens (including phenoxy) is 2. The average Bonchev–Trinajstić information content (AvgIpc) is 2.82. The summed E-state index contributed by atoms with van der Waals surface area (Å²) in [5.74, 6) is 0.576. The summed E-state index contributed by atoms with van der Waals surface area (Å²) in [6.45, 7) is 4.14. The van der Waals surface area contributed by atoms with E-state index in [1.54, 1.807) is 36.4 Å². The van der Waals surface area contributed by atoms with Gasteiger partial charge in [-0.05, 0) is 55.8 Å². The van der Waals surface area contributed by atoms with Crippen LogP contribution >= 0.6 is 11.6 Å². The standard InChI is InChI=1S/C25H25ClN2O5S/c1-17-7-10-20(11-8-17)34(30,31)28-16-24(33-23-12-9-19(26)15-21(23)28)25(29)27-13-14-32-22-6-4-3-5-18(22)2/h3-12,15,24H,13-14,16H2,1-2H3,(H,27,29). The van der Waals surface area contributed by atoms with Gasteiger partial charge in [-0.2, -0.15) is 0 Å². The van der Waals surface area contributed by atoms with E-state index in [9.17, 15) is 13.2 Å². The van der Waals surface area contributed by atoms with Crippen LogP contribution in [0.5, 0.6) is 11.5 Å². The van der Waals surface area contributed by atoms with Gasteiger partial charge in [0, 0.05) is 5.02 Å². The van der Waals surface area contributed by atoms with E-state index in [1.807, 2.05) is 38.1 Å². The first-order valence-electron chi connectivity index (χ1n) is 10.8. The van der Waals surface area contributed by atoms with Gasteiger partial charge in [0.05, 0.1) is 23.7 Å². The Balaban J connectivity index is 1.50. The number of halogens is 1. The van der Waals surface area contributed by atoms with E-state index in [1.165, 1.54) is 10.4 Å². The highest BCUT2D eigenvalue weighted by Crippen LogP contribution is 2.38. The molecule has 0 bridgehead atoms. The number of carbonyl (C=O) groups excluding carboxylic acids is 1. The third-order valence-electron chi connectivity index (χ3n) is 5.44. The fraction of sp³-hybridized carbons (Fsp3) is 0.240. The molecule has 3 aromatic carbocycles. The molecule has 0 radical (unpaired) electrons. The van der Waals surface area contributed by atoms with E-state index >= 15 is 0 Å². The molecule has 1 atom stereocenters. The fourth-order valence-corrected chi connectivity index (χ4v) is 5.23. The fourth-order valence-electron chi connectivity index (χ4n) is 3.59. The molecule has 0 aliphatic carbocycles. The number of nitrogens with zero attached hydrogens (tertiary/aromatic N) is 1. The number of sulfonamides is 1. The summed E-state index contributed by atoms with van der Waals surface area (Å²) in [5.41, 5.74) is 2.23. The van der Waals surface area contributed by atoms with Crippen molar-refractivity contribution < 1.29 is 22.7 Å². The second-order valence-electron chi connectivity index (χ2n) is 7.97. The maximum Gasteiger partial charge on any atom is 0.264 e. The summed E-state index contributed by atoms with van der Waals surface area (Å²) < 4.78 is 39.7. The van der Waals surface area contributed by atoms with Gasteiger partial charge in [0.25, 0.3) is 15.9 Å². The number of rotatable bonds is 7. The molecule has 0 aromatic heterocycles. The molecule has 0 fully saturated rings. The van der Waals surface area contributed by atoms with E-state index in [0.717, 1.165) is 16.9 Å². The lowest BCUT2D eigenvalue weighted by atomic mass is 10.2. The van der Waals surface area contributed by atoms with Crippen LogP contribution in [0.1, 0.15) is 11.1 Å². The number of hydrogen-bond donors (Lipinski definition) is 1. The normalized spacial score (nSPS) is 15.3. The summed E-state index contributed by atoms with van der Waals surface area (Å²) in [6.07, 6.45) is -1.03. The van der Waals surface area contributed by atoms with Crippen LogP contribution in [0.4, 0.5) is 5.69 Å². The van der Waals surface area contributed by atoms with E-state index in [0.29, 0.717) is 10.7 Å². The highest BCUT2D eigenvalue weighted by Gasteiger charge is 2.37. The van der Waals surface area contributed by atoms with Crippen LogP contribution in [0.15, 0.2) is 71.6 Å². The first-order valence-corrected chi connectivity index (χ1v) is 12.6. The number of carbonyl (C=O) groups is 1. The minimum atomic E-state index is -3.95. The quantitative estimate of drug-likeness (QED) is 0.493. The molecule has 9 heteroatoms. The van der Waals surface area contributed by atoms with Gasteiger partial charge in [-0.3, -0.25) is 9.10 Å². The monoisotopic (exact) mass is 500 g/mol. The molecule has 4 rings (SSSR count). The SMILES string of the molecule is Cc1ccc(S(=O)(=O)N2CC(C(=O)NCCOc3ccccc3C)Oc3ccc(Cl)cc32)cc1. The highest BCUT2D eigenvalue weighted by molar-refractivity contribution is 7.92. The van der Waals surface area contributed by atoms with Crippen molar-refractivity contribution in [1.29, 1.82) is 0 Å².